The van der Waals surface area contributed by atoms with Gasteiger partial charge in [0.05, 0.1) is 18.9 Å². The summed E-state index contributed by atoms with van der Waals surface area (Å²) < 4.78 is 5.36. The summed E-state index contributed by atoms with van der Waals surface area (Å²) >= 11 is 6.00. The Balaban J connectivity index is 1.98. The minimum absolute atomic E-state index is 0.348. The van der Waals surface area contributed by atoms with E-state index in [1.807, 2.05) is 0 Å². The largest absolute Gasteiger partial charge is 0.378 e. The Morgan fingerprint density at radius 1 is 1.18 bits per heavy atom. The van der Waals surface area contributed by atoms with Gasteiger partial charge in [0.1, 0.15) is 5.82 Å². The van der Waals surface area contributed by atoms with Crippen LogP contribution in [-0.2, 0) is 17.8 Å². The zero-order valence-corrected chi connectivity index (χ0v) is 10.6. The Morgan fingerprint density at radius 2 is 1.94 bits per heavy atom. The van der Waals surface area contributed by atoms with Gasteiger partial charge in [0.15, 0.2) is 0 Å². The number of hydrogen-bond donors (Lipinski definition) is 0. The molecule has 1 aromatic heterocycles. The normalized spacial score (nSPS) is 20.7. The number of anilines is 1. The van der Waals surface area contributed by atoms with E-state index in [9.17, 15) is 0 Å². The fourth-order valence-corrected chi connectivity index (χ4v) is 2.58. The third-order valence-electron chi connectivity index (χ3n) is 3.20. The van der Waals surface area contributed by atoms with Gasteiger partial charge in [0.2, 0.25) is 5.28 Å². The molecule has 1 aromatic rings. The third kappa shape index (κ3) is 2.10. The molecule has 1 fully saturated rings. The molecule has 17 heavy (non-hydrogen) atoms. The molecule has 0 saturated carbocycles. The quantitative estimate of drug-likeness (QED) is 0.697. The maximum atomic E-state index is 6.00. The van der Waals surface area contributed by atoms with Gasteiger partial charge in [-0.25, -0.2) is 9.97 Å². The van der Waals surface area contributed by atoms with Crippen LogP contribution in [0, 0.1) is 0 Å². The lowest BCUT2D eigenvalue weighted by Crippen LogP contribution is -2.37. The summed E-state index contributed by atoms with van der Waals surface area (Å²) in [7, 11) is 2.08. The van der Waals surface area contributed by atoms with Crippen LogP contribution < -0.4 is 4.90 Å². The molecule has 1 saturated heterocycles. The number of fused-ring (bicyclic) bond motifs is 1. The number of aromatic nitrogens is 2. The van der Waals surface area contributed by atoms with E-state index in [2.05, 4.69) is 26.8 Å². The molecule has 92 valence electrons. The predicted octanol–water partition coefficient (Wildman–Crippen LogP) is 0.912. The number of morpholine rings is 1. The highest BCUT2D eigenvalue weighted by molar-refractivity contribution is 6.28. The van der Waals surface area contributed by atoms with E-state index in [1.54, 1.807) is 0 Å². The van der Waals surface area contributed by atoms with Gasteiger partial charge >= 0.3 is 0 Å². The first-order valence-electron chi connectivity index (χ1n) is 5.80. The van der Waals surface area contributed by atoms with E-state index < -0.39 is 0 Å². The molecule has 3 rings (SSSR count). The van der Waals surface area contributed by atoms with E-state index in [0.29, 0.717) is 5.28 Å². The summed E-state index contributed by atoms with van der Waals surface area (Å²) in [5.74, 6) is 0.993. The first-order valence-corrected chi connectivity index (χ1v) is 6.18. The Labute approximate surface area is 105 Å². The van der Waals surface area contributed by atoms with Crippen LogP contribution in [0.5, 0.6) is 0 Å². The fraction of sp³-hybridized carbons (Fsp3) is 0.636. The van der Waals surface area contributed by atoms with Crippen LogP contribution in [0.15, 0.2) is 0 Å². The summed E-state index contributed by atoms with van der Waals surface area (Å²) in [6, 6.07) is 0. The molecule has 0 amide bonds. The molecule has 2 aliphatic heterocycles. The standard InChI is InChI=1S/C11H15ClN4O/c1-15-6-8-9(7-15)13-11(12)14-10(8)16-2-4-17-5-3-16/h2-7H2,1H3. The molecule has 0 spiro atoms. The van der Waals surface area contributed by atoms with E-state index in [1.165, 1.54) is 5.56 Å². The van der Waals surface area contributed by atoms with Crippen molar-refractivity contribution in [3.8, 4) is 0 Å². The highest BCUT2D eigenvalue weighted by atomic mass is 35.5. The summed E-state index contributed by atoms with van der Waals surface area (Å²) in [6.07, 6.45) is 0. The van der Waals surface area contributed by atoms with Gasteiger partial charge in [-0.15, -0.1) is 0 Å². The highest BCUT2D eigenvalue weighted by Gasteiger charge is 2.26. The molecule has 5 nitrogen and oxygen atoms in total. The molecule has 3 heterocycles. The summed E-state index contributed by atoms with van der Waals surface area (Å²) in [4.78, 5) is 13.2. The Kier molecular flexibility index (Phi) is 2.90. The van der Waals surface area contributed by atoms with Crippen molar-refractivity contribution in [3.63, 3.8) is 0 Å². The smallest absolute Gasteiger partial charge is 0.224 e. The second-order valence-corrected chi connectivity index (χ2v) is 4.85. The molecular formula is C11H15ClN4O. The van der Waals surface area contributed by atoms with E-state index >= 15 is 0 Å². The number of ether oxygens (including phenoxy) is 1. The molecule has 2 aliphatic rings. The van der Waals surface area contributed by atoms with Gasteiger partial charge in [-0.05, 0) is 18.6 Å². The Morgan fingerprint density at radius 3 is 2.71 bits per heavy atom. The zero-order chi connectivity index (χ0) is 11.8. The van der Waals surface area contributed by atoms with Gasteiger partial charge in [-0.2, -0.15) is 0 Å². The number of nitrogens with zero attached hydrogens (tertiary/aromatic N) is 4. The maximum absolute atomic E-state index is 6.00. The lowest BCUT2D eigenvalue weighted by Gasteiger charge is -2.29. The molecule has 0 bridgehead atoms. The molecule has 0 radical (unpaired) electrons. The van der Waals surface area contributed by atoms with Crippen LogP contribution in [0.1, 0.15) is 11.3 Å². The fourth-order valence-electron chi connectivity index (χ4n) is 2.40. The van der Waals surface area contributed by atoms with Crippen LogP contribution in [0.4, 0.5) is 5.82 Å². The average molecular weight is 255 g/mol. The van der Waals surface area contributed by atoms with Crippen LogP contribution >= 0.6 is 11.6 Å². The monoisotopic (exact) mass is 254 g/mol. The van der Waals surface area contributed by atoms with Crippen molar-refractivity contribution >= 4 is 17.4 Å². The molecule has 0 atom stereocenters. The van der Waals surface area contributed by atoms with Crippen LogP contribution in [0.3, 0.4) is 0 Å². The van der Waals surface area contributed by atoms with E-state index in [-0.39, 0.29) is 0 Å². The van der Waals surface area contributed by atoms with Crippen molar-refractivity contribution in [2.75, 3.05) is 38.3 Å². The van der Waals surface area contributed by atoms with Crippen molar-refractivity contribution in [2.45, 2.75) is 13.1 Å². The van der Waals surface area contributed by atoms with Gasteiger partial charge in [0.25, 0.3) is 0 Å². The molecular weight excluding hydrogens is 240 g/mol. The van der Waals surface area contributed by atoms with Gasteiger partial charge < -0.3 is 9.64 Å². The first kappa shape index (κ1) is 11.2. The van der Waals surface area contributed by atoms with E-state index in [4.69, 9.17) is 16.3 Å². The maximum Gasteiger partial charge on any atom is 0.224 e. The van der Waals surface area contributed by atoms with Crippen molar-refractivity contribution in [3.05, 3.63) is 16.5 Å². The van der Waals surface area contributed by atoms with Gasteiger partial charge in [-0.3, -0.25) is 4.90 Å². The minimum Gasteiger partial charge on any atom is -0.378 e. The summed E-state index contributed by atoms with van der Waals surface area (Å²) in [6.45, 7) is 5.03. The minimum atomic E-state index is 0.348. The molecule has 0 N–H and O–H groups in total. The Hall–Kier alpha value is -0.910. The van der Waals surface area contributed by atoms with E-state index in [0.717, 1.165) is 50.9 Å². The van der Waals surface area contributed by atoms with Gasteiger partial charge in [-0.1, -0.05) is 0 Å². The molecule has 0 aromatic carbocycles. The van der Waals surface area contributed by atoms with Crippen molar-refractivity contribution < 1.29 is 4.74 Å². The molecule has 0 unspecified atom stereocenters. The van der Waals surface area contributed by atoms with Crippen molar-refractivity contribution in [2.24, 2.45) is 0 Å². The van der Waals surface area contributed by atoms with Gasteiger partial charge in [0, 0.05) is 31.7 Å². The third-order valence-corrected chi connectivity index (χ3v) is 3.37. The lowest BCUT2D eigenvalue weighted by atomic mass is 10.2. The van der Waals surface area contributed by atoms with Crippen LogP contribution in [0.25, 0.3) is 0 Å². The average Bonchev–Trinajstić information content (AvgIpc) is 2.69. The molecule has 6 heteroatoms. The van der Waals surface area contributed by atoms with Crippen LogP contribution in [0.2, 0.25) is 5.28 Å². The SMILES string of the molecule is CN1Cc2nc(Cl)nc(N3CCOCC3)c2C1. The number of hydrogen-bond acceptors (Lipinski definition) is 5. The first-order chi connectivity index (χ1) is 8.24. The Bertz CT molecular complexity index is 434. The number of rotatable bonds is 1. The second kappa shape index (κ2) is 4.40. The lowest BCUT2D eigenvalue weighted by molar-refractivity contribution is 0.122. The highest BCUT2D eigenvalue weighted by Crippen LogP contribution is 2.29. The summed E-state index contributed by atoms with van der Waals surface area (Å²) in [5.41, 5.74) is 2.28. The predicted molar refractivity (Wildman–Crippen MR) is 65.2 cm³/mol. The topological polar surface area (TPSA) is 41.5 Å². The molecule has 0 aliphatic carbocycles. The van der Waals surface area contributed by atoms with Crippen molar-refractivity contribution in [1.82, 2.24) is 14.9 Å². The van der Waals surface area contributed by atoms with Crippen LogP contribution in [-0.4, -0.2) is 48.2 Å². The van der Waals surface area contributed by atoms with Crippen molar-refractivity contribution in [1.29, 1.82) is 0 Å². The second-order valence-electron chi connectivity index (χ2n) is 4.51. The summed E-state index contributed by atoms with van der Waals surface area (Å²) in [5, 5.41) is 0.348. The number of halogens is 1. The zero-order valence-electron chi connectivity index (χ0n) is 9.82.